The van der Waals surface area contributed by atoms with E-state index in [1.165, 1.54) is 0 Å². The number of carbonyl (C=O) groups excluding carboxylic acids is 1. The highest BCUT2D eigenvalue weighted by molar-refractivity contribution is 5.76. The molecule has 2 amide bonds. The van der Waals surface area contributed by atoms with Gasteiger partial charge in [-0.15, -0.1) is 0 Å². The molecule has 0 unspecified atom stereocenters. The van der Waals surface area contributed by atoms with Gasteiger partial charge < -0.3 is 20.3 Å². The van der Waals surface area contributed by atoms with Crippen molar-refractivity contribution in [1.29, 1.82) is 0 Å². The van der Waals surface area contributed by atoms with Crippen LogP contribution in [0.25, 0.3) is 0 Å². The number of ether oxygens (including phenoxy) is 1. The van der Waals surface area contributed by atoms with Gasteiger partial charge in [-0.1, -0.05) is 0 Å². The Morgan fingerprint density at radius 1 is 1.60 bits per heavy atom. The van der Waals surface area contributed by atoms with Crippen molar-refractivity contribution in [3.63, 3.8) is 0 Å². The van der Waals surface area contributed by atoms with Gasteiger partial charge in [0.1, 0.15) is 0 Å². The summed E-state index contributed by atoms with van der Waals surface area (Å²) < 4.78 is 5.09. The zero-order chi connectivity index (χ0) is 11.3. The predicted octanol–water partition coefficient (Wildman–Crippen LogP) is 0.0262. The fourth-order valence-electron chi connectivity index (χ4n) is 1.67. The molecule has 5 nitrogen and oxygen atoms in total. The average molecular weight is 215 g/mol. The van der Waals surface area contributed by atoms with Crippen LogP contribution in [0.2, 0.25) is 0 Å². The minimum Gasteiger partial charge on any atom is -0.383 e. The molecule has 15 heavy (non-hydrogen) atoms. The molecular weight excluding hydrogens is 194 g/mol. The van der Waals surface area contributed by atoms with Gasteiger partial charge in [-0.3, -0.25) is 0 Å². The van der Waals surface area contributed by atoms with E-state index >= 15 is 0 Å². The molecule has 88 valence electrons. The van der Waals surface area contributed by atoms with Crippen molar-refractivity contribution in [2.24, 2.45) is 0 Å². The Kier molecular flexibility index (Phi) is 4.35. The highest BCUT2D eigenvalue weighted by Crippen LogP contribution is 2.02. The third-order valence-corrected chi connectivity index (χ3v) is 2.44. The van der Waals surface area contributed by atoms with E-state index < -0.39 is 0 Å². The minimum atomic E-state index is -0.0368. The maximum atomic E-state index is 11.2. The SMILES string of the molecule is COCC(C)(C)NCCN1CCNC1=O. The highest BCUT2D eigenvalue weighted by atomic mass is 16.5. The van der Waals surface area contributed by atoms with Gasteiger partial charge in [0.15, 0.2) is 0 Å². The van der Waals surface area contributed by atoms with E-state index in [1.54, 1.807) is 7.11 Å². The van der Waals surface area contributed by atoms with E-state index in [1.807, 2.05) is 4.90 Å². The van der Waals surface area contributed by atoms with E-state index in [2.05, 4.69) is 24.5 Å². The van der Waals surface area contributed by atoms with Crippen molar-refractivity contribution in [3.05, 3.63) is 0 Å². The van der Waals surface area contributed by atoms with Gasteiger partial charge >= 0.3 is 6.03 Å². The Balaban J connectivity index is 2.17. The van der Waals surface area contributed by atoms with Crippen molar-refractivity contribution in [2.45, 2.75) is 19.4 Å². The number of methoxy groups -OCH3 is 1. The lowest BCUT2D eigenvalue weighted by Gasteiger charge is -2.26. The molecule has 0 bridgehead atoms. The molecule has 0 spiro atoms. The van der Waals surface area contributed by atoms with Gasteiger partial charge in [-0.25, -0.2) is 4.79 Å². The van der Waals surface area contributed by atoms with Gasteiger partial charge in [-0.05, 0) is 13.8 Å². The Morgan fingerprint density at radius 2 is 2.33 bits per heavy atom. The molecule has 1 aliphatic heterocycles. The molecule has 0 aromatic carbocycles. The Morgan fingerprint density at radius 3 is 2.87 bits per heavy atom. The predicted molar refractivity (Wildman–Crippen MR) is 58.9 cm³/mol. The largest absolute Gasteiger partial charge is 0.383 e. The summed E-state index contributed by atoms with van der Waals surface area (Å²) in [5, 5.41) is 6.14. The van der Waals surface area contributed by atoms with Crippen molar-refractivity contribution in [2.75, 3.05) is 39.9 Å². The summed E-state index contributed by atoms with van der Waals surface area (Å²) in [5.41, 5.74) is -0.0368. The molecule has 1 rings (SSSR count). The van der Waals surface area contributed by atoms with Crippen LogP contribution in [-0.2, 0) is 4.74 Å². The minimum absolute atomic E-state index is 0.0368. The number of hydrogen-bond donors (Lipinski definition) is 2. The number of rotatable bonds is 6. The van der Waals surface area contributed by atoms with Crippen molar-refractivity contribution in [1.82, 2.24) is 15.5 Å². The monoisotopic (exact) mass is 215 g/mol. The van der Waals surface area contributed by atoms with E-state index in [0.29, 0.717) is 6.61 Å². The summed E-state index contributed by atoms with van der Waals surface area (Å²) >= 11 is 0. The van der Waals surface area contributed by atoms with Crippen LogP contribution in [0.15, 0.2) is 0 Å². The molecule has 0 saturated carbocycles. The molecule has 0 radical (unpaired) electrons. The van der Waals surface area contributed by atoms with Crippen LogP contribution in [0.4, 0.5) is 4.79 Å². The van der Waals surface area contributed by atoms with Crippen LogP contribution in [0.5, 0.6) is 0 Å². The zero-order valence-corrected chi connectivity index (χ0v) is 9.80. The normalized spacial score (nSPS) is 17.0. The standard InChI is InChI=1S/C10H21N3O2/c1-10(2,8-15-3)12-5-7-13-6-4-11-9(13)14/h12H,4-8H2,1-3H3,(H,11,14). The van der Waals surface area contributed by atoms with Crippen LogP contribution in [0.1, 0.15) is 13.8 Å². The summed E-state index contributed by atoms with van der Waals surface area (Å²) in [7, 11) is 1.69. The lowest BCUT2D eigenvalue weighted by molar-refractivity contribution is 0.127. The smallest absolute Gasteiger partial charge is 0.317 e. The average Bonchev–Trinajstić information content (AvgIpc) is 2.51. The molecule has 2 N–H and O–H groups in total. The zero-order valence-electron chi connectivity index (χ0n) is 9.80. The Bertz CT molecular complexity index is 219. The second kappa shape index (κ2) is 5.32. The molecule has 1 heterocycles. The van der Waals surface area contributed by atoms with Crippen LogP contribution < -0.4 is 10.6 Å². The second-order valence-electron chi connectivity index (χ2n) is 4.46. The fraction of sp³-hybridized carbons (Fsp3) is 0.900. The maximum Gasteiger partial charge on any atom is 0.317 e. The van der Waals surface area contributed by atoms with Gasteiger partial charge in [0.25, 0.3) is 0 Å². The first kappa shape index (κ1) is 12.3. The van der Waals surface area contributed by atoms with Crippen molar-refractivity contribution in [3.8, 4) is 0 Å². The lowest BCUT2D eigenvalue weighted by Crippen LogP contribution is -2.47. The first-order valence-corrected chi connectivity index (χ1v) is 5.32. The van der Waals surface area contributed by atoms with E-state index in [4.69, 9.17) is 4.74 Å². The number of urea groups is 1. The number of amides is 2. The Labute approximate surface area is 91.2 Å². The molecule has 0 aromatic heterocycles. The second-order valence-corrected chi connectivity index (χ2v) is 4.46. The third kappa shape index (κ3) is 4.05. The Hall–Kier alpha value is -0.810. The molecule has 0 aliphatic carbocycles. The summed E-state index contributed by atoms with van der Waals surface area (Å²) in [5.74, 6) is 0. The van der Waals surface area contributed by atoms with Crippen LogP contribution in [0.3, 0.4) is 0 Å². The summed E-state index contributed by atoms with van der Waals surface area (Å²) in [6.45, 7) is 7.95. The number of nitrogens with zero attached hydrogens (tertiary/aromatic N) is 1. The first-order valence-electron chi connectivity index (χ1n) is 5.32. The summed E-state index contributed by atoms with van der Waals surface area (Å²) in [6, 6.07) is 0.0429. The van der Waals surface area contributed by atoms with Crippen LogP contribution in [-0.4, -0.2) is 56.4 Å². The summed E-state index contributed by atoms with van der Waals surface area (Å²) in [4.78, 5) is 13.0. The van der Waals surface area contributed by atoms with Gasteiger partial charge in [-0.2, -0.15) is 0 Å². The topological polar surface area (TPSA) is 53.6 Å². The molecule has 5 heteroatoms. The third-order valence-electron chi connectivity index (χ3n) is 2.44. The van der Waals surface area contributed by atoms with Crippen molar-refractivity contribution < 1.29 is 9.53 Å². The number of carbonyl (C=O) groups is 1. The van der Waals surface area contributed by atoms with Gasteiger partial charge in [0, 0.05) is 38.8 Å². The number of nitrogens with one attached hydrogen (secondary N) is 2. The molecule has 0 atom stereocenters. The van der Waals surface area contributed by atoms with E-state index in [0.717, 1.165) is 26.2 Å². The fourth-order valence-corrected chi connectivity index (χ4v) is 1.67. The van der Waals surface area contributed by atoms with Crippen LogP contribution in [0, 0.1) is 0 Å². The maximum absolute atomic E-state index is 11.2. The first-order chi connectivity index (χ1) is 7.05. The lowest BCUT2D eigenvalue weighted by atomic mass is 10.1. The molecule has 1 aliphatic rings. The molecule has 1 saturated heterocycles. The van der Waals surface area contributed by atoms with Crippen LogP contribution >= 0.6 is 0 Å². The number of hydrogen-bond acceptors (Lipinski definition) is 3. The quantitative estimate of drug-likeness (QED) is 0.657. The molecule has 1 fully saturated rings. The molecule has 0 aromatic rings. The molecular formula is C10H21N3O2. The van der Waals surface area contributed by atoms with E-state index in [9.17, 15) is 4.79 Å². The van der Waals surface area contributed by atoms with Crippen molar-refractivity contribution >= 4 is 6.03 Å². The van der Waals surface area contributed by atoms with Gasteiger partial charge in [0.2, 0.25) is 0 Å². The highest BCUT2D eigenvalue weighted by Gasteiger charge is 2.20. The van der Waals surface area contributed by atoms with E-state index in [-0.39, 0.29) is 11.6 Å². The summed E-state index contributed by atoms with van der Waals surface area (Å²) in [6.07, 6.45) is 0. The van der Waals surface area contributed by atoms with Gasteiger partial charge in [0.05, 0.1) is 6.61 Å².